The average molecular weight is 180 g/mol. The van der Waals surface area contributed by atoms with Crippen molar-refractivity contribution in [2.75, 3.05) is 7.11 Å². The summed E-state index contributed by atoms with van der Waals surface area (Å²) in [5.74, 6) is -0.258. The summed E-state index contributed by atoms with van der Waals surface area (Å²) >= 11 is 0. The first-order chi connectivity index (χ1) is 5.98. The van der Waals surface area contributed by atoms with Gasteiger partial charge in [-0.25, -0.2) is 4.79 Å². The van der Waals surface area contributed by atoms with Crippen molar-refractivity contribution >= 4 is 5.97 Å². The fourth-order valence-electron chi connectivity index (χ4n) is 1.47. The van der Waals surface area contributed by atoms with Crippen LogP contribution in [0.5, 0.6) is 0 Å². The van der Waals surface area contributed by atoms with Gasteiger partial charge in [0, 0.05) is 11.5 Å². The monoisotopic (exact) mass is 180 g/mol. The highest BCUT2D eigenvalue weighted by Crippen LogP contribution is 2.42. The van der Waals surface area contributed by atoms with E-state index in [-0.39, 0.29) is 11.4 Å². The first kappa shape index (κ1) is 10.0. The number of carbonyl (C=O) groups is 1. The van der Waals surface area contributed by atoms with Crippen molar-refractivity contribution in [3.63, 3.8) is 0 Å². The van der Waals surface area contributed by atoms with Crippen LogP contribution in [0.15, 0.2) is 23.3 Å². The highest BCUT2D eigenvalue weighted by molar-refractivity contribution is 5.83. The predicted molar refractivity (Wildman–Crippen MR) is 52.3 cm³/mol. The topological polar surface area (TPSA) is 26.3 Å². The van der Waals surface area contributed by atoms with Crippen molar-refractivity contribution in [1.82, 2.24) is 0 Å². The summed E-state index contributed by atoms with van der Waals surface area (Å²) in [6.45, 7) is 6.35. The molecule has 0 spiro atoms. The lowest BCUT2D eigenvalue weighted by atomic mass is 9.82. The van der Waals surface area contributed by atoms with Crippen LogP contribution in [0.2, 0.25) is 0 Å². The molecule has 0 radical (unpaired) electrons. The molecule has 1 rings (SSSR count). The summed E-state index contributed by atoms with van der Waals surface area (Å²) in [5.41, 5.74) is 2.48. The van der Waals surface area contributed by atoms with Gasteiger partial charge in [-0.2, -0.15) is 0 Å². The Bertz CT molecular complexity index is 282. The van der Waals surface area contributed by atoms with Crippen LogP contribution in [0.3, 0.4) is 0 Å². The summed E-state index contributed by atoms with van der Waals surface area (Å²) in [7, 11) is 1.40. The number of methoxy groups -OCH3 is 1. The fourth-order valence-corrected chi connectivity index (χ4v) is 1.47. The second kappa shape index (κ2) is 3.36. The van der Waals surface area contributed by atoms with E-state index in [0.29, 0.717) is 0 Å². The Morgan fingerprint density at radius 1 is 1.62 bits per heavy atom. The third-order valence-corrected chi connectivity index (χ3v) is 2.91. The van der Waals surface area contributed by atoms with Crippen molar-refractivity contribution in [2.24, 2.45) is 5.41 Å². The van der Waals surface area contributed by atoms with Crippen molar-refractivity contribution in [3.8, 4) is 0 Å². The quantitative estimate of drug-likeness (QED) is 0.352. The van der Waals surface area contributed by atoms with E-state index < -0.39 is 0 Å². The second-order valence-corrected chi connectivity index (χ2v) is 3.91. The van der Waals surface area contributed by atoms with E-state index in [4.69, 9.17) is 0 Å². The zero-order valence-electron chi connectivity index (χ0n) is 8.68. The minimum absolute atomic E-state index is 0.0220. The second-order valence-electron chi connectivity index (χ2n) is 3.91. The number of hydrogen-bond donors (Lipinski definition) is 0. The summed E-state index contributed by atoms with van der Waals surface area (Å²) in [6.07, 6.45) is 4.63. The van der Waals surface area contributed by atoms with E-state index in [0.717, 1.165) is 12.0 Å². The van der Waals surface area contributed by atoms with E-state index in [9.17, 15) is 4.79 Å². The van der Waals surface area contributed by atoms with Crippen LogP contribution in [0.25, 0.3) is 0 Å². The first-order valence-electron chi connectivity index (χ1n) is 4.44. The number of ether oxygens (including phenoxy) is 1. The normalized spacial score (nSPS) is 23.1. The molecule has 0 heterocycles. The summed E-state index contributed by atoms with van der Waals surface area (Å²) in [5, 5.41) is 0. The predicted octanol–water partition coefficient (Wildman–Crippen LogP) is 2.46. The Balaban J connectivity index is 2.88. The van der Waals surface area contributed by atoms with Crippen molar-refractivity contribution in [1.29, 1.82) is 0 Å². The van der Waals surface area contributed by atoms with Crippen LogP contribution in [-0.4, -0.2) is 13.1 Å². The number of hydrogen-bond acceptors (Lipinski definition) is 2. The Hall–Kier alpha value is -1.05. The molecule has 13 heavy (non-hydrogen) atoms. The fraction of sp³-hybridized carbons (Fsp3) is 0.545. The zero-order chi connectivity index (χ0) is 10.1. The maximum absolute atomic E-state index is 11.0. The molecule has 0 saturated carbocycles. The van der Waals surface area contributed by atoms with Gasteiger partial charge in [-0.05, 0) is 18.9 Å². The standard InChI is InChI=1S/C11H16O2/c1-8-5-6-9(11(8,2)3)7-10(12)13-4/h5,7H,6H2,1-4H3. The molecule has 0 aliphatic heterocycles. The molecule has 0 bridgehead atoms. The van der Waals surface area contributed by atoms with Gasteiger partial charge in [-0.15, -0.1) is 0 Å². The summed E-state index contributed by atoms with van der Waals surface area (Å²) < 4.78 is 4.60. The third kappa shape index (κ3) is 1.82. The highest BCUT2D eigenvalue weighted by atomic mass is 16.5. The van der Waals surface area contributed by atoms with E-state index in [2.05, 4.69) is 31.6 Å². The highest BCUT2D eigenvalue weighted by Gasteiger charge is 2.29. The summed E-state index contributed by atoms with van der Waals surface area (Å²) in [4.78, 5) is 11.0. The van der Waals surface area contributed by atoms with Crippen LogP contribution < -0.4 is 0 Å². The number of rotatable bonds is 1. The first-order valence-corrected chi connectivity index (χ1v) is 4.44. The largest absolute Gasteiger partial charge is 0.466 e. The van der Waals surface area contributed by atoms with Gasteiger partial charge in [-0.1, -0.05) is 25.5 Å². The van der Waals surface area contributed by atoms with Gasteiger partial charge in [0.25, 0.3) is 0 Å². The van der Waals surface area contributed by atoms with Crippen LogP contribution in [0.1, 0.15) is 27.2 Å². The Labute approximate surface area is 79.3 Å². The maximum atomic E-state index is 11.0. The molecule has 0 aromatic rings. The smallest absolute Gasteiger partial charge is 0.330 e. The van der Waals surface area contributed by atoms with Crippen LogP contribution in [0, 0.1) is 5.41 Å². The molecule has 0 fully saturated rings. The van der Waals surface area contributed by atoms with Gasteiger partial charge in [0.15, 0.2) is 0 Å². The van der Waals surface area contributed by atoms with Gasteiger partial charge in [0.2, 0.25) is 0 Å². The van der Waals surface area contributed by atoms with Crippen molar-refractivity contribution in [2.45, 2.75) is 27.2 Å². The third-order valence-electron chi connectivity index (χ3n) is 2.91. The van der Waals surface area contributed by atoms with Crippen LogP contribution in [-0.2, 0) is 9.53 Å². The Kier molecular flexibility index (Phi) is 2.60. The average Bonchev–Trinajstić information content (AvgIpc) is 2.31. The molecule has 0 aromatic heterocycles. The minimum Gasteiger partial charge on any atom is -0.466 e. The van der Waals surface area contributed by atoms with E-state index in [1.165, 1.54) is 12.7 Å². The SMILES string of the molecule is COC(=O)C=C1CC=C(C)C1(C)C. The van der Waals surface area contributed by atoms with Crippen LogP contribution in [0.4, 0.5) is 0 Å². The Morgan fingerprint density at radius 3 is 2.62 bits per heavy atom. The molecule has 2 nitrogen and oxygen atoms in total. The lowest BCUT2D eigenvalue weighted by Crippen LogP contribution is -2.13. The lowest BCUT2D eigenvalue weighted by molar-refractivity contribution is -0.134. The van der Waals surface area contributed by atoms with Crippen LogP contribution >= 0.6 is 0 Å². The number of esters is 1. The van der Waals surface area contributed by atoms with E-state index in [1.54, 1.807) is 6.08 Å². The lowest BCUT2D eigenvalue weighted by Gasteiger charge is -2.22. The molecule has 0 N–H and O–H groups in total. The number of carbonyl (C=O) groups excluding carboxylic acids is 1. The van der Waals surface area contributed by atoms with Crippen molar-refractivity contribution < 1.29 is 9.53 Å². The molecule has 0 atom stereocenters. The molecule has 1 aliphatic carbocycles. The molecule has 1 aliphatic rings. The van der Waals surface area contributed by atoms with Gasteiger partial charge >= 0.3 is 5.97 Å². The maximum Gasteiger partial charge on any atom is 0.330 e. The molecule has 0 saturated heterocycles. The molecular weight excluding hydrogens is 164 g/mol. The number of allylic oxidation sites excluding steroid dienone is 3. The van der Waals surface area contributed by atoms with Gasteiger partial charge in [0.1, 0.15) is 0 Å². The van der Waals surface area contributed by atoms with Gasteiger partial charge < -0.3 is 4.74 Å². The molecule has 72 valence electrons. The minimum atomic E-state index is -0.258. The van der Waals surface area contributed by atoms with E-state index in [1.807, 2.05) is 0 Å². The van der Waals surface area contributed by atoms with Gasteiger partial charge in [-0.3, -0.25) is 0 Å². The molecular formula is C11H16O2. The van der Waals surface area contributed by atoms with E-state index >= 15 is 0 Å². The summed E-state index contributed by atoms with van der Waals surface area (Å²) in [6, 6.07) is 0. The molecule has 0 amide bonds. The van der Waals surface area contributed by atoms with Gasteiger partial charge in [0.05, 0.1) is 7.11 Å². The van der Waals surface area contributed by atoms with Crippen molar-refractivity contribution in [3.05, 3.63) is 23.3 Å². The molecule has 0 unspecified atom stereocenters. The molecule has 2 heteroatoms. The Morgan fingerprint density at radius 2 is 2.23 bits per heavy atom. The zero-order valence-corrected chi connectivity index (χ0v) is 8.68. The molecule has 0 aromatic carbocycles.